The van der Waals surface area contributed by atoms with Crippen LogP contribution in [0.2, 0.25) is 0 Å². The van der Waals surface area contributed by atoms with Crippen LogP contribution in [0.1, 0.15) is 11.1 Å². The van der Waals surface area contributed by atoms with E-state index in [4.69, 9.17) is 4.74 Å². The van der Waals surface area contributed by atoms with E-state index in [0.29, 0.717) is 11.8 Å². The number of aryl methyl sites for hydroxylation is 2. The summed E-state index contributed by atoms with van der Waals surface area (Å²) in [6, 6.07) is 0. The first-order chi connectivity index (χ1) is 10.5. The van der Waals surface area contributed by atoms with Crippen LogP contribution in [0.4, 0.5) is 0 Å². The van der Waals surface area contributed by atoms with E-state index >= 15 is 0 Å². The Kier molecular flexibility index (Phi) is 4.00. The predicted molar refractivity (Wildman–Crippen MR) is 93.6 cm³/mol. The van der Waals surface area contributed by atoms with Gasteiger partial charge in [-0.2, -0.15) is 9.67 Å². The highest BCUT2D eigenvalue weighted by molar-refractivity contribution is 14.1. The zero-order valence-electron chi connectivity index (χ0n) is 12.0. The molecule has 3 heterocycles. The van der Waals surface area contributed by atoms with E-state index in [0.717, 1.165) is 20.6 Å². The normalized spacial score (nSPS) is 11.0. The van der Waals surface area contributed by atoms with Gasteiger partial charge in [-0.3, -0.25) is 0 Å². The molecule has 0 unspecified atom stereocenters. The molecule has 116 valence electrons. The van der Waals surface area contributed by atoms with E-state index in [2.05, 4.69) is 39.4 Å². The number of aromatic amines is 1. The molecule has 0 aromatic carbocycles. The number of ether oxygens (including phenoxy) is 1. The Morgan fingerprint density at radius 2 is 2.32 bits per heavy atom. The maximum Gasteiger partial charge on any atom is 0.365 e. The molecule has 0 radical (unpaired) electrons. The van der Waals surface area contributed by atoms with Gasteiger partial charge in [-0.25, -0.2) is 14.7 Å². The van der Waals surface area contributed by atoms with Crippen LogP contribution in [-0.2, 0) is 20.7 Å². The number of H-pyrrole nitrogens is 1. The van der Waals surface area contributed by atoms with Crippen LogP contribution in [0, 0.1) is 3.70 Å². The van der Waals surface area contributed by atoms with Crippen molar-refractivity contribution < 1.29 is 4.74 Å². The fraction of sp³-hybridized carbons (Fsp3) is 0.231. The van der Waals surface area contributed by atoms with Gasteiger partial charge in [0.15, 0.2) is 0 Å². The summed E-state index contributed by atoms with van der Waals surface area (Å²) in [7, 11) is 3.55. The first kappa shape index (κ1) is 15.2. The lowest BCUT2D eigenvalue weighted by Crippen LogP contribution is -2.41. The second kappa shape index (κ2) is 5.80. The Labute approximate surface area is 143 Å². The number of thiazole rings is 1. The van der Waals surface area contributed by atoms with E-state index in [1.165, 1.54) is 20.7 Å². The van der Waals surface area contributed by atoms with Crippen molar-refractivity contribution in [2.45, 2.75) is 6.61 Å². The molecular formula is C13H14IN5O2S. The lowest BCUT2D eigenvalue weighted by atomic mass is 10.2. The van der Waals surface area contributed by atoms with Crippen LogP contribution in [-0.4, -0.2) is 24.1 Å². The summed E-state index contributed by atoms with van der Waals surface area (Å²) in [5.74, 6) is 0.740. The predicted octanol–water partition coefficient (Wildman–Crippen LogP) is 2.13. The molecule has 3 rings (SSSR count). The lowest BCUT2D eigenvalue weighted by molar-refractivity contribution is 0.301. The topological polar surface area (TPSA) is 69.8 Å². The molecule has 0 aliphatic heterocycles. The van der Waals surface area contributed by atoms with Crippen LogP contribution < -0.4 is 10.4 Å². The summed E-state index contributed by atoms with van der Waals surface area (Å²) >= 11 is 3.59. The average Bonchev–Trinajstić information content (AvgIpc) is 3.05. The SMILES string of the molecule is C=Cc1cn(C)c(-n2[nH]n(C)c2=O)c1COc1nc(I)cs1. The summed E-state index contributed by atoms with van der Waals surface area (Å²) in [5.41, 5.74) is 1.69. The smallest absolute Gasteiger partial charge is 0.365 e. The third-order valence-electron chi connectivity index (χ3n) is 3.24. The van der Waals surface area contributed by atoms with Gasteiger partial charge in [0.1, 0.15) is 16.1 Å². The summed E-state index contributed by atoms with van der Waals surface area (Å²) < 4.78 is 11.4. The summed E-state index contributed by atoms with van der Waals surface area (Å²) in [4.78, 5) is 16.2. The second-order valence-corrected chi connectivity index (χ2v) is 6.63. The molecule has 1 N–H and O–H groups in total. The first-order valence-corrected chi connectivity index (χ1v) is 8.35. The molecular weight excluding hydrogens is 417 g/mol. The highest BCUT2D eigenvalue weighted by atomic mass is 127. The number of hydrogen-bond acceptors (Lipinski definition) is 4. The average molecular weight is 431 g/mol. The van der Waals surface area contributed by atoms with Gasteiger partial charge in [0.25, 0.3) is 5.19 Å². The van der Waals surface area contributed by atoms with Crippen molar-refractivity contribution in [1.29, 1.82) is 0 Å². The minimum Gasteiger partial charge on any atom is -0.465 e. The van der Waals surface area contributed by atoms with Gasteiger partial charge in [0, 0.05) is 36.8 Å². The Morgan fingerprint density at radius 1 is 1.55 bits per heavy atom. The van der Waals surface area contributed by atoms with Crippen LogP contribution in [0.25, 0.3) is 11.9 Å². The molecule has 0 fully saturated rings. The van der Waals surface area contributed by atoms with Crippen molar-refractivity contribution in [3.05, 3.63) is 43.5 Å². The zero-order chi connectivity index (χ0) is 15.9. The van der Waals surface area contributed by atoms with Crippen LogP contribution in [0.15, 0.2) is 23.0 Å². The van der Waals surface area contributed by atoms with Gasteiger partial charge < -0.3 is 9.30 Å². The number of aromatic nitrogens is 5. The minimum atomic E-state index is -0.123. The van der Waals surface area contributed by atoms with Crippen molar-refractivity contribution in [3.63, 3.8) is 0 Å². The van der Waals surface area contributed by atoms with Crippen LogP contribution in [0.3, 0.4) is 0 Å². The molecule has 0 atom stereocenters. The highest BCUT2D eigenvalue weighted by Crippen LogP contribution is 2.25. The largest absolute Gasteiger partial charge is 0.465 e. The molecule has 3 aromatic rings. The van der Waals surface area contributed by atoms with E-state index in [1.807, 2.05) is 23.2 Å². The third-order valence-corrected chi connectivity index (χ3v) is 4.97. The monoisotopic (exact) mass is 431 g/mol. The molecule has 22 heavy (non-hydrogen) atoms. The van der Waals surface area contributed by atoms with Crippen LogP contribution in [0.5, 0.6) is 5.19 Å². The summed E-state index contributed by atoms with van der Waals surface area (Å²) in [6.07, 6.45) is 3.67. The Bertz CT molecular complexity index is 881. The molecule has 0 aliphatic rings. The number of halogens is 1. The molecule has 3 aromatic heterocycles. The fourth-order valence-electron chi connectivity index (χ4n) is 2.22. The molecule has 0 bridgehead atoms. The lowest BCUT2D eigenvalue weighted by Gasteiger charge is -2.16. The number of nitrogens with one attached hydrogen (secondary N) is 1. The van der Waals surface area contributed by atoms with E-state index in [-0.39, 0.29) is 5.69 Å². The van der Waals surface area contributed by atoms with Crippen molar-refractivity contribution >= 4 is 40.0 Å². The Hall–Kier alpha value is -1.75. The van der Waals surface area contributed by atoms with Gasteiger partial charge in [-0.1, -0.05) is 24.0 Å². The summed E-state index contributed by atoms with van der Waals surface area (Å²) in [5, 5.41) is 5.45. The van der Waals surface area contributed by atoms with E-state index < -0.39 is 0 Å². The van der Waals surface area contributed by atoms with E-state index in [9.17, 15) is 4.79 Å². The molecule has 0 saturated carbocycles. The molecule has 0 saturated heterocycles. The van der Waals surface area contributed by atoms with Gasteiger partial charge in [0.2, 0.25) is 0 Å². The van der Waals surface area contributed by atoms with Gasteiger partial charge in [-0.15, -0.1) is 0 Å². The number of nitrogens with zero attached hydrogens (tertiary/aromatic N) is 4. The first-order valence-electron chi connectivity index (χ1n) is 6.40. The Balaban J connectivity index is 1.97. The molecule has 9 heteroatoms. The van der Waals surface area contributed by atoms with Crippen molar-refractivity contribution in [1.82, 2.24) is 24.1 Å². The van der Waals surface area contributed by atoms with Gasteiger partial charge in [-0.05, 0) is 22.6 Å². The van der Waals surface area contributed by atoms with Crippen LogP contribution >= 0.6 is 33.9 Å². The van der Waals surface area contributed by atoms with E-state index in [1.54, 1.807) is 13.1 Å². The van der Waals surface area contributed by atoms with Gasteiger partial charge >= 0.3 is 5.69 Å². The zero-order valence-corrected chi connectivity index (χ0v) is 15.0. The fourth-order valence-corrected chi connectivity index (χ4v) is 3.52. The maximum atomic E-state index is 11.9. The van der Waals surface area contributed by atoms with Crippen molar-refractivity contribution in [2.75, 3.05) is 0 Å². The Morgan fingerprint density at radius 3 is 2.86 bits per heavy atom. The standard InChI is InChI=1S/C13H14IN5O2S/c1-4-8-5-17(2)11(19-13(20)18(3)16-19)9(8)6-21-12-15-10(14)7-22-12/h4-5,7,16H,1,6H2,2-3H3. The molecule has 0 aliphatic carbocycles. The maximum absolute atomic E-state index is 11.9. The number of rotatable bonds is 5. The molecule has 7 nitrogen and oxygen atoms in total. The quantitative estimate of drug-likeness (QED) is 0.630. The number of hydrogen-bond donors (Lipinski definition) is 1. The van der Waals surface area contributed by atoms with Gasteiger partial charge in [0.05, 0.1) is 0 Å². The molecule has 0 spiro atoms. The van der Waals surface area contributed by atoms with Crippen molar-refractivity contribution in [3.8, 4) is 11.0 Å². The summed E-state index contributed by atoms with van der Waals surface area (Å²) in [6.45, 7) is 4.14. The molecule has 0 amide bonds. The highest BCUT2D eigenvalue weighted by Gasteiger charge is 2.19. The minimum absolute atomic E-state index is 0.123. The van der Waals surface area contributed by atoms with Crippen molar-refractivity contribution in [2.24, 2.45) is 14.1 Å². The third kappa shape index (κ3) is 2.54. The second-order valence-electron chi connectivity index (χ2n) is 4.70.